The fourth-order valence-corrected chi connectivity index (χ4v) is 4.82. The number of carbonyl (C=O) groups is 3. The summed E-state index contributed by atoms with van der Waals surface area (Å²) in [5.41, 5.74) is 3.62. The third kappa shape index (κ3) is 7.08. The lowest BCUT2D eigenvalue weighted by molar-refractivity contribution is -0.155. The molecule has 3 rings (SSSR count). The van der Waals surface area contributed by atoms with Crippen LogP contribution in [0.4, 0.5) is 0 Å². The zero-order valence-electron chi connectivity index (χ0n) is 22.5. The van der Waals surface area contributed by atoms with Gasteiger partial charge in [-0.15, -0.1) is 0 Å². The van der Waals surface area contributed by atoms with Crippen molar-refractivity contribution in [2.45, 2.75) is 72.3 Å². The number of pyridine rings is 1. The molecule has 0 N–H and O–H groups in total. The van der Waals surface area contributed by atoms with E-state index in [2.05, 4.69) is 37.0 Å². The Kier molecular flexibility index (Phi) is 9.66. The second kappa shape index (κ2) is 12.7. The van der Waals surface area contributed by atoms with Gasteiger partial charge in [-0.1, -0.05) is 37.1 Å². The van der Waals surface area contributed by atoms with Crippen LogP contribution in [0.15, 0.2) is 30.5 Å². The van der Waals surface area contributed by atoms with Crippen LogP contribution in [-0.4, -0.2) is 42.7 Å². The molecule has 0 unspecified atom stereocenters. The fourth-order valence-electron chi connectivity index (χ4n) is 4.82. The van der Waals surface area contributed by atoms with E-state index in [0.29, 0.717) is 5.92 Å². The number of hydrogen-bond acceptors (Lipinski definition) is 8. The first-order valence-electron chi connectivity index (χ1n) is 12.7. The Morgan fingerprint density at radius 3 is 2.43 bits per heavy atom. The highest BCUT2D eigenvalue weighted by Crippen LogP contribution is 2.43. The van der Waals surface area contributed by atoms with Crippen LogP contribution in [0.3, 0.4) is 0 Å². The first-order chi connectivity index (χ1) is 17.6. The minimum Gasteiger partial charge on any atom is -0.493 e. The lowest BCUT2D eigenvalue weighted by atomic mass is 9.70. The first kappa shape index (κ1) is 28.2. The van der Waals surface area contributed by atoms with E-state index in [1.807, 2.05) is 6.92 Å². The Morgan fingerprint density at radius 1 is 1.11 bits per heavy atom. The van der Waals surface area contributed by atoms with E-state index < -0.39 is 30.4 Å². The molecule has 2 aromatic rings. The zero-order chi connectivity index (χ0) is 27.1. The molecule has 0 bridgehead atoms. The lowest BCUT2D eigenvalue weighted by Gasteiger charge is -2.38. The number of rotatable bonds is 12. The molecule has 1 aromatic carbocycles. The van der Waals surface area contributed by atoms with Gasteiger partial charge in [0.15, 0.2) is 23.0 Å². The van der Waals surface area contributed by atoms with Crippen LogP contribution < -0.4 is 9.47 Å². The highest BCUT2D eigenvalue weighted by atomic mass is 16.7. The number of carbonyl (C=O) groups excluding carboxylic acids is 3. The van der Waals surface area contributed by atoms with Gasteiger partial charge in [0.2, 0.25) is 6.79 Å². The van der Waals surface area contributed by atoms with E-state index in [-0.39, 0.29) is 35.6 Å². The average molecular weight is 512 g/mol. The topological polar surface area (TPSA) is 101 Å². The highest BCUT2D eigenvalue weighted by Gasteiger charge is 2.36. The minimum absolute atomic E-state index is 0.00169. The van der Waals surface area contributed by atoms with Crippen molar-refractivity contribution in [1.29, 1.82) is 0 Å². The Morgan fingerprint density at radius 2 is 1.84 bits per heavy atom. The number of nitrogens with zero attached hydrogens (tertiary/aromatic N) is 1. The third-order valence-corrected chi connectivity index (χ3v) is 6.96. The number of ether oxygens (including phenoxy) is 4. The Balaban J connectivity index is 1.70. The quantitative estimate of drug-likeness (QED) is 0.214. The van der Waals surface area contributed by atoms with E-state index in [1.54, 1.807) is 6.92 Å². The smallest absolute Gasteiger partial charge is 0.309 e. The van der Waals surface area contributed by atoms with E-state index >= 15 is 0 Å². The summed E-state index contributed by atoms with van der Waals surface area (Å²) in [6, 6.07) is 7.95. The molecule has 8 heteroatoms. The molecule has 1 heterocycles. The molecule has 1 saturated carbocycles. The van der Waals surface area contributed by atoms with Crippen LogP contribution >= 0.6 is 0 Å². The largest absolute Gasteiger partial charge is 0.493 e. The van der Waals surface area contributed by atoms with Gasteiger partial charge in [-0.25, -0.2) is 4.98 Å². The molecule has 0 aliphatic heterocycles. The second-order valence-electron chi connectivity index (χ2n) is 9.84. The fraction of sp³-hybridized carbons (Fsp3) is 0.517. The lowest BCUT2D eigenvalue weighted by Crippen LogP contribution is -2.34. The van der Waals surface area contributed by atoms with Gasteiger partial charge in [0.1, 0.15) is 6.10 Å². The summed E-state index contributed by atoms with van der Waals surface area (Å²) in [4.78, 5) is 41.4. The molecular formula is C29H37NO7. The number of aromatic nitrogens is 1. The van der Waals surface area contributed by atoms with Gasteiger partial charge in [0.05, 0.1) is 13.0 Å². The predicted octanol–water partition coefficient (Wildman–Crippen LogP) is 5.33. The molecule has 3 atom stereocenters. The van der Waals surface area contributed by atoms with Gasteiger partial charge in [0, 0.05) is 31.5 Å². The van der Waals surface area contributed by atoms with Gasteiger partial charge < -0.3 is 18.9 Å². The molecular weight excluding hydrogens is 474 g/mol. The van der Waals surface area contributed by atoms with Crippen molar-refractivity contribution >= 4 is 17.7 Å². The SMILES string of the molecule is COc1ccnc(C(=O)C[C@@H](C)C(=O)O[C@@H](C)[C@@H](c2ccc(C)cc2C)C2CCC2)c1OCOC(C)=O. The third-order valence-electron chi connectivity index (χ3n) is 6.96. The molecule has 0 radical (unpaired) electrons. The van der Waals surface area contributed by atoms with Gasteiger partial charge in [0.25, 0.3) is 0 Å². The number of aryl methyl sites for hydroxylation is 2. The molecule has 37 heavy (non-hydrogen) atoms. The molecule has 1 aliphatic rings. The van der Waals surface area contributed by atoms with Crippen LogP contribution in [0.1, 0.15) is 79.6 Å². The van der Waals surface area contributed by atoms with Crippen molar-refractivity contribution in [1.82, 2.24) is 4.98 Å². The van der Waals surface area contributed by atoms with E-state index in [4.69, 9.17) is 18.9 Å². The maximum absolute atomic E-state index is 13.1. The maximum atomic E-state index is 13.1. The number of Topliss-reactive ketones (excluding diaryl/α,β-unsaturated/α-hetero) is 1. The minimum atomic E-state index is -0.689. The molecule has 1 aromatic heterocycles. The summed E-state index contributed by atoms with van der Waals surface area (Å²) < 4.78 is 21.5. The van der Waals surface area contributed by atoms with E-state index in [9.17, 15) is 14.4 Å². The normalized spacial score (nSPS) is 15.6. The molecule has 8 nitrogen and oxygen atoms in total. The number of esters is 2. The standard InChI is InChI=1S/C29H37NO7/c1-17-10-11-23(18(2)14-17)26(22-8-7-9-22)20(4)37-29(33)19(3)15-24(32)27-28(36-16-35-21(5)31)25(34-6)12-13-30-27/h10-14,19-20,22,26H,7-9,15-16H2,1-6H3/t19-,20+,26-/m1/s1. The summed E-state index contributed by atoms with van der Waals surface area (Å²) in [7, 11) is 1.43. The molecule has 0 spiro atoms. The van der Waals surface area contributed by atoms with Crippen LogP contribution in [0.5, 0.6) is 11.5 Å². The predicted molar refractivity (Wildman–Crippen MR) is 138 cm³/mol. The van der Waals surface area contributed by atoms with Crippen molar-refractivity contribution in [3.8, 4) is 11.5 Å². The summed E-state index contributed by atoms with van der Waals surface area (Å²) in [6.07, 6.45) is 4.40. The zero-order valence-corrected chi connectivity index (χ0v) is 22.5. The van der Waals surface area contributed by atoms with Crippen LogP contribution in [0.25, 0.3) is 0 Å². The number of hydrogen-bond donors (Lipinski definition) is 0. The Labute approximate surface area is 218 Å². The highest BCUT2D eigenvalue weighted by molar-refractivity contribution is 5.99. The van der Waals surface area contributed by atoms with E-state index in [0.717, 1.165) is 12.8 Å². The van der Waals surface area contributed by atoms with Crippen LogP contribution in [0, 0.1) is 25.7 Å². The van der Waals surface area contributed by atoms with Crippen molar-refractivity contribution in [2.75, 3.05) is 13.9 Å². The average Bonchev–Trinajstić information content (AvgIpc) is 2.81. The van der Waals surface area contributed by atoms with Gasteiger partial charge >= 0.3 is 11.9 Å². The summed E-state index contributed by atoms with van der Waals surface area (Å²) in [5.74, 6) is -1.13. The Bertz CT molecular complexity index is 1130. The first-order valence-corrected chi connectivity index (χ1v) is 12.7. The van der Waals surface area contributed by atoms with Gasteiger partial charge in [-0.05, 0) is 50.7 Å². The van der Waals surface area contributed by atoms with Gasteiger partial charge in [-0.3, -0.25) is 14.4 Å². The Hall–Kier alpha value is -3.42. The molecule has 1 aliphatic carbocycles. The number of benzene rings is 1. The monoisotopic (exact) mass is 511 g/mol. The number of methoxy groups -OCH3 is 1. The van der Waals surface area contributed by atoms with Crippen molar-refractivity contribution in [3.05, 3.63) is 52.8 Å². The van der Waals surface area contributed by atoms with Crippen LogP contribution in [-0.2, 0) is 19.1 Å². The number of ketones is 1. The summed E-state index contributed by atoms with van der Waals surface area (Å²) in [6.45, 7) is 8.64. The van der Waals surface area contributed by atoms with Crippen molar-refractivity contribution in [3.63, 3.8) is 0 Å². The van der Waals surface area contributed by atoms with Crippen molar-refractivity contribution < 1.29 is 33.3 Å². The molecule has 200 valence electrons. The van der Waals surface area contributed by atoms with Gasteiger partial charge in [-0.2, -0.15) is 0 Å². The molecule has 1 fully saturated rings. The van der Waals surface area contributed by atoms with E-state index in [1.165, 1.54) is 49.4 Å². The maximum Gasteiger partial charge on any atom is 0.309 e. The molecule has 0 amide bonds. The molecule has 0 saturated heterocycles. The van der Waals surface area contributed by atoms with Crippen LogP contribution in [0.2, 0.25) is 0 Å². The summed E-state index contributed by atoms with van der Waals surface area (Å²) in [5, 5.41) is 0. The van der Waals surface area contributed by atoms with Crippen molar-refractivity contribution in [2.24, 2.45) is 11.8 Å². The second-order valence-corrected chi connectivity index (χ2v) is 9.84. The summed E-state index contributed by atoms with van der Waals surface area (Å²) >= 11 is 0.